The van der Waals surface area contributed by atoms with Crippen LogP contribution in [0, 0.1) is 5.92 Å². The van der Waals surface area contributed by atoms with Gasteiger partial charge in [-0.3, -0.25) is 4.79 Å². The maximum Gasteiger partial charge on any atom is 0.283 e. The van der Waals surface area contributed by atoms with Crippen molar-refractivity contribution in [1.29, 1.82) is 0 Å². The SMILES string of the molecule is O=C(COc1ccc(Cl)cc1)NC1CCC(Cc2nnc(-c3cc4cc(Cl)ccc4o3)o2)CC1. The highest BCUT2D eigenvalue weighted by Gasteiger charge is 2.25. The molecule has 0 radical (unpaired) electrons. The average Bonchev–Trinajstić information content (AvgIpc) is 3.46. The van der Waals surface area contributed by atoms with Gasteiger partial charge in [0.1, 0.15) is 11.3 Å². The van der Waals surface area contributed by atoms with Gasteiger partial charge in [-0.15, -0.1) is 10.2 Å². The summed E-state index contributed by atoms with van der Waals surface area (Å²) >= 11 is 11.9. The van der Waals surface area contributed by atoms with Crippen LogP contribution in [0.5, 0.6) is 5.75 Å². The number of hydrogen-bond acceptors (Lipinski definition) is 6. The second-order valence-corrected chi connectivity index (χ2v) is 9.40. The highest BCUT2D eigenvalue weighted by molar-refractivity contribution is 6.31. The number of benzene rings is 2. The molecule has 0 atom stereocenters. The van der Waals surface area contributed by atoms with E-state index in [2.05, 4.69) is 15.5 Å². The summed E-state index contributed by atoms with van der Waals surface area (Å²) in [5.41, 5.74) is 0.720. The second-order valence-electron chi connectivity index (χ2n) is 8.53. The molecule has 4 aromatic rings. The molecule has 1 aliphatic carbocycles. The van der Waals surface area contributed by atoms with Crippen LogP contribution in [0.4, 0.5) is 0 Å². The summed E-state index contributed by atoms with van der Waals surface area (Å²) in [4.78, 5) is 12.2. The van der Waals surface area contributed by atoms with Gasteiger partial charge in [-0.25, -0.2) is 0 Å². The van der Waals surface area contributed by atoms with Crippen molar-refractivity contribution in [2.75, 3.05) is 6.61 Å². The van der Waals surface area contributed by atoms with Crippen molar-refractivity contribution in [3.63, 3.8) is 0 Å². The van der Waals surface area contributed by atoms with E-state index in [9.17, 15) is 4.79 Å². The first-order chi connectivity index (χ1) is 16.5. The summed E-state index contributed by atoms with van der Waals surface area (Å²) in [5, 5.41) is 13.6. The Kier molecular flexibility index (Phi) is 6.74. The topological polar surface area (TPSA) is 90.4 Å². The lowest BCUT2D eigenvalue weighted by Gasteiger charge is -2.28. The number of fused-ring (bicyclic) bond motifs is 1. The van der Waals surface area contributed by atoms with Crippen LogP contribution in [0.2, 0.25) is 10.0 Å². The van der Waals surface area contributed by atoms with E-state index >= 15 is 0 Å². The lowest BCUT2D eigenvalue weighted by molar-refractivity contribution is -0.124. The van der Waals surface area contributed by atoms with Gasteiger partial charge >= 0.3 is 0 Å². The zero-order valence-electron chi connectivity index (χ0n) is 18.3. The number of amides is 1. The molecule has 7 nitrogen and oxygen atoms in total. The van der Waals surface area contributed by atoms with Gasteiger partial charge < -0.3 is 18.9 Å². The Hall–Kier alpha value is -3.03. The molecule has 1 saturated carbocycles. The first-order valence-electron chi connectivity index (χ1n) is 11.2. The van der Waals surface area contributed by atoms with Crippen molar-refractivity contribution in [3.05, 3.63) is 64.5 Å². The van der Waals surface area contributed by atoms with Crippen LogP contribution in [0.15, 0.2) is 57.4 Å². The molecule has 1 N–H and O–H groups in total. The molecule has 0 bridgehead atoms. The molecule has 1 aliphatic rings. The summed E-state index contributed by atoms with van der Waals surface area (Å²) in [6.07, 6.45) is 4.47. The molecule has 34 heavy (non-hydrogen) atoms. The Morgan fingerprint density at radius 1 is 0.971 bits per heavy atom. The molecule has 0 aliphatic heterocycles. The lowest BCUT2D eigenvalue weighted by atomic mass is 9.84. The number of ether oxygens (including phenoxy) is 1. The van der Waals surface area contributed by atoms with E-state index in [-0.39, 0.29) is 18.6 Å². The fourth-order valence-electron chi connectivity index (χ4n) is 4.26. The van der Waals surface area contributed by atoms with Crippen molar-refractivity contribution >= 4 is 40.1 Å². The number of aromatic nitrogens is 2. The molecule has 0 spiro atoms. The Morgan fingerprint density at radius 3 is 2.53 bits per heavy atom. The zero-order chi connectivity index (χ0) is 23.5. The monoisotopic (exact) mass is 499 g/mol. The van der Waals surface area contributed by atoms with Gasteiger partial charge in [-0.2, -0.15) is 0 Å². The van der Waals surface area contributed by atoms with Crippen LogP contribution >= 0.6 is 23.2 Å². The van der Waals surface area contributed by atoms with Crippen LogP contribution < -0.4 is 10.1 Å². The molecule has 5 rings (SSSR count). The minimum Gasteiger partial charge on any atom is -0.484 e. The van der Waals surface area contributed by atoms with Gasteiger partial charge in [-0.1, -0.05) is 23.2 Å². The maximum atomic E-state index is 12.2. The van der Waals surface area contributed by atoms with Crippen LogP contribution in [-0.4, -0.2) is 28.8 Å². The first kappa shape index (κ1) is 22.7. The summed E-state index contributed by atoms with van der Waals surface area (Å²) < 4.78 is 17.2. The van der Waals surface area contributed by atoms with Gasteiger partial charge in [0.15, 0.2) is 12.4 Å². The third-order valence-electron chi connectivity index (χ3n) is 6.01. The molecular formula is C25H23Cl2N3O4. The minimum atomic E-state index is -0.118. The van der Waals surface area contributed by atoms with E-state index in [1.54, 1.807) is 30.3 Å². The van der Waals surface area contributed by atoms with Crippen molar-refractivity contribution in [1.82, 2.24) is 15.5 Å². The minimum absolute atomic E-state index is 0.0136. The third-order valence-corrected chi connectivity index (χ3v) is 6.50. The summed E-state index contributed by atoms with van der Waals surface area (Å²) in [6, 6.07) is 14.4. The summed E-state index contributed by atoms with van der Waals surface area (Å²) in [6.45, 7) is -0.0136. The first-order valence-corrected chi connectivity index (χ1v) is 12.0. The standard InChI is InChI=1S/C25H23Cl2N3O4/c26-17-3-8-20(9-4-17)32-14-23(31)28-19-6-1-15(2-7-19)11-24-29-30-25(34-24)22-13-16-12-18(27)5-10-21(16)33-22/h3-5,8-10,12-13,15,19H,1-2,6-7,11,14H2,(H,28,31). The molecule has 9 heteroatoms. The Morgan fingerprint density at radius 2 is 1.74 bits per heavy atom. The van der Waals surface area contributed by atoms with E-state index in [1.165, 1.54) is 0 Å². The molecule has 2 heterocycles. The smallest absolute Gasteiger partial charge is 0.283 e. The second kappa shape index (κ2) is 10.1. The van der Waals surface area contributed by atoms with Gasteiger partial charge in [0.2, 0.25) is 5.89 Å². The zero-order valence-corrected chi connectivity index (χ0v) is 19.8. The molecule has 0 saturated heterocycles. The maximum absolute atomic E-state index is 12.2. The van der Waals surface area contributed by atoms with E-state index in [4.69, 9.17) is 36.8 Å². The molecule has 2 aromatic heterocycles. The lowest BCUT2D eigenvalue weighted by Crippen LogP contribution is -2.40. The highest BCUT2D eigenvalue weighted by Crippen LogP contribution is 2.31. The van der Waals surface area contributed by atoms with E-state index in [0.29, 0.717) is 45.7 Å². The highest BCUT2D eigenvalue weighted by atomic mass is 35.5. The Labute approximate surface area is 206 Å². The van der Waals surface area contributed by atoms with Gasteiger partial charge in [0, 0.05) is 27.9 Å². The number of rotatable bonds is 7. The fourth-order valence-corrected chi connectivity index (χ4v) is 4.57. The number of carbonyl (C=O) groups excluding carboxylic acids is 1. The number of halogens is 2. The quantitative estimate of drug-likeness (QED) is 0.331. The Balaban J connectivity index is 1.08. The number of furan rings is 1. The van der Waals surface area contributed by atoms with E-state index in [0.717, 1.165) is 36.7 Å². The molecule has 1 fully saturated rings. The number of nitrogens with zero attached hydrogens (tertiary/aromatic N) is 2. The average molecular weight is 500 g/mol. The molecule has 1 amide bonds. The molecule has 176 valence electrons. The molecule has 0 unspecified atom stereocenters. The van der Waals surface area contributed by atoms with Crippen molar-refractivity contribution < 1.29 is 18.4 Å². The largest absolute Gasteiger partial charge is 0.484 e. The van der Waals surface area contributed by atoms with Crippen LogP contribution in [0.25, 0.3) is 22.6 Å². The van der Waals surface area contributed by atoms with Crippen molar-refractivity contribution in [3.8, 4) is 17.4 Å². The predicted octanol–water partition coefficient (Wildman–Crippen LogP) is 6.09. The predicted molar refractivity (Wildman–Crippen MR) is 129 cm³/mol. The third kappa shape index (κ3) is 5.54. The number of nitrogens with one attached hydrogen (secondary N) is 1. The van der Waals surface area contributed by atoms with E-state index in [1.807, 2.05) is 18.2 Å². The van der Waals surface area contributed by atoms with Gasteiger partial charge in [-0.05, 0) is 80.1 Å². The molecule has 2 aromatic carbocycles. The van der Waals surface area contributed by atoms with E-state index < -0.39 is 0 Å². The summed E-state index contributed by atoms with van der Waals surface area (Å²) in [5.74, 6) is 2.42. The van der Waals surface area contributed by atoms with Gasteiger partial charge in [0.05, 0.1) is 0 Å². The van der Waals surface area contributed by atoms with Crippen LogP contribution in [0.3, 0.4) is 0 Å². The Bertz CT molecular complexity index is 1280. The van der Waals surface area contributed by atoms with Crippen LogP contribution in [0.1, 0.15) is 31.6 Å². The van der Waals surface area contributed by atoms with Gasteiger partial charge in [0.25, 0.3) is 11.8 Å². The summed E-state index contributed by atoms with van der Waals surface area (Å²) in [7, 11) is 0. The van der Waals surface area contributed by atoms with Crippen molar-refractivity contribution in [2.24, 2.45) is 5.92 Å². The molecular weight excluding hydrogens is 477 g/mol. The van der Waals surface area contributed by atoms with Crippen molar-refractivity contribution in [2.45, 2.75) is 38.1 Å². The normalized spacial score (nSPS) is 18.2. The fraction of sp³-hybridized carbons (Fsp3) is 0.320. The number of carbonyl (C=O) groups is 1. The number of hydrogen-bond donors (Lipinski definition) is 1. The van der Waals surface area contributed by atoms with Crippen LogP contribution in [-0.2, 0) is 11.2 Å².